The van der Waals surface area contributed by atoms with Crippen LogP contribution in [-0.4, -0.2) is 58.1 Å². The van der Waals surface area contributed by atoms with Crippen LogP contribution in [0.2, 0.25) is 0 Å². The minimum atomic E-state index is 0.669. The fraction of sp³-hybridized carbons (Fsp3) is 0.110. The molecule has 6 aromatic heterocycles. The number of benzene rings is 4. The van der Waals surface area contributed by atoms with Crippen LogP contribution in [0.5, 0.6) is 0 Å². The van der Waals surface area contributed by atoms with Gasteiger partial charge in [-0.15, -0.1) is 0 Å². The minimum Gasteiger partial charge on any atom is -0.363 e. The van der Waals surface area contributed by atoms with Crippen LogP contribution < -0.4 is 10.6 Å². The number of aromatic amines is 4. The molecule has 408 valence electrons. The average molecular weight is 1110 g/mol. The number of hydrogen-bond donors (Lipinski definition) is 6. The van der Waals surface area contributed by atoms with E-state index in [9.17, 15) is 0 Å². The van der Waals surface area contributed by atoms with Crippen molar-refractivity contribution in [2.75, 3.05) is 13.1 Å². The van der Waals surface area contributed by atoms with Crippen LogP contribution in [0.15, 0.2) is 182 Å². The molecule has 0 spiro atoms. The van der Waals surface area contributed by atoms with E-state index in [4.69, 9.17) is 32.2 Å². The number of thiocarbonyl (C=S) groups is 1. The fourth-order valence-electron chi connectivity index (χ4n) is 11.9. The van der Waals surface area contributed by atoms with Crippen molar-refractivity contribution in [2.24, 2.45) is 0 Å². The molecule has 4 aromatic carbocycles. The summed E-state index contributed by atoms with van der Waals surface area (Å²) in [5, 5.41) is 7.71. The van der Waals surface area contributed by atoms with Crippen molar-refractivity contribution in [3.63, 3.8) is 0 Å². The van der Waals surface area contributed by atoms with Crippen LogP contribution in [0.3, 0.4) is 0 Å². The van der Waals surface area contributed by atoms with Crippen LogP contribution in [0.4, 0.5) is 0 Å². The lowest BCUT2D eigenvalue weighted by molar-refractivity contribution is 0.680. The first-order valence-electron chi connectivity index (χ1n) is 29.0. The Hall–Kier alpha value is -10.2. The molecule has 84 heavy (non-hydrogen) atoms. The zero-order chi connectivity index (χ0) is 56.2. The summed E-state index contributed by atoms with van der Waals surface area (Å²) in [4.78, 5) is 36.3. The number of nitrogens with zero attached hydrogens (tertiary/aromatic N) is 4. The van der Waals surface area contributed by atoms with Crippen LogP contribution in [0.25, 0.3) is 137 Å². The second-order valence-electron chi connectivity index (χ2n) is 21.5. The molecule has 16 bridgehead atoms. The Kier molecular flexibility index (Phi) is 14.4. The van der Waals surface area contributed by atoms with E-state index in [0.717, 1.165) is 197 Å². The lowest BCUT2D eigenvalue weighted by Crippen LogP contribution is -2.36. The number of nitrogens with one attached hydrogen (secondary N) is 6. The summed E-state index contributed by atoms with van der Waals surface area (Å²) < 4.78 is 0. The largest absolute Gasteiger partial charge is 0.363 e. The first-order chi connectivity index (χ1) is 41.5. The van der Waals surface area contributed by atoms with E-state index in [-0.39, 0.29) is 0 Å². The fourth-order valence-corrected chi connectivity index (χ4v) is 12.1. The van der Waals surface area contributed by atoms with E-state index in [0.29, 0.717) is 5.11 Å². The van der Waals surface area contributed by atoms with Gasteiger partial charge in [-0.3, -0.25) is 0 Å². The zero-order valence-electron chi connectivity index (χ0n) is 46.3. The van der Waals surface area contributed by atoms with Gasteiger partial charge in [0.15, 0.2) is 5.11 Å². The third-order valence-electron chi connectivity index (χ3n) is 15.9. The molecule has 0 atom stereocenters. The molecule has 0 unspecified atom stereocenters. The van der Waals surface area contributed by atoms with Gasteiger partial charge < -0.3 is 30.6 Å². The molecule has 0 radical (unpaired) electrons. The highest BCUT2D eigenvalue weighted by Crippen LogP contribution is 2.36. The van der Waals surface area contributed by atoms with Gasteiger partial charge in [-0.2, -0.15) is 0 Å². The summed E-state index contributed by atoms with van der Waals surface area (Å²) in [6.07, 6.45) is 22.4. The number of H-pyrrole nitrogens is 4. The number of aryl methyl sites for hydroxylation is 2. The maximum Gasteiger partial charge on any atom is 0.166 e. The first kappa shape index (κ1) is 51.9. The van der Waals surface area contributed by atoms with Crippen molar-refractivity contribution in [2.45, 2.75) is 38.5 Å². The van der Waals surface area contributed by atoms with Crippen LogP contribution >= 0.6 is 12.2 Å². The van der Waals surface area contributed by atoms with E-state index < -0.39 is 0 Å². The molecule has 10 heterocycles. The predicted octanol–water partition coefficient (Wildman–Crippen LogP) is 17.1. The van der Waals surface area contributed by atoms with Crippen LogP contribution in [-0.2, 0) is 12.8 Å². The van der Waals surface area contributed by atoms with Gasteiger partial charge in [0.2, 0.25) is 0 Å². The molecule has 0 saturated carbocycles. The van der Waals surface area contributed by atoms with E-state index in [1.807, 2.05) is 0 Å². The maximum atomic E-state index is 5.90. The summed E-state index contributed by atoms with van der Waals surface area (Å²) in [5.74, 6) is 0. The topological polar surface area (TPSA) is 139 Å². The summed E-state index contributed by atoms with van der Waals surface area (Å²) in [6.45, 7) is 1.49. The van der Waals surface area contributed by atoms with Gasteiger partial charge in [0.25, 0.3) is 0 Å². The number of unbranched alkanes of at least 4 members (excludes halogenated alkanes) is 2. The number of rotatable bonds is 14. The second-order valence-corrected chi connectivity index (χ2v) is 21.9. The molecular weight excluding hydrogens is 1050 g/mol. The zero-order valence-corrected chi connectivity index (χ0v) is 47.1. The summed E-state index contributed by atoms with van der Waals surface area (Å²) in [7, 11) is 0. The summed E-state index contributed by atoms with van der Waals surface area (Å²) >= 11 is 5.90. The standard InChI is InChI=1S/C73H60N10S/c84-73(74-43-15-13-25-55-57-35-39-65(80-57)69(47-17-5-1-6-18-47)61-31-27-51(76-61)45-52-28-32-62(77-52)70(48-19-7-2-8-20-48)66-40-36-58(55)81-66)75-44-16-14-26-56-59-37-41-67(82-59)71(49-21-9-3-10-22-49)63-33-29-53(78-63)46-54-30-34-64(79-54)72(50-23-11-4-12-24-50)68-42-38-60(56)83-68/h1-12,17-24,27-42,45-46,76,78,81,83H,13-16,25-26,43-44H2,(H2,74,75,84). The van der Waals surface area contributed by atoms with Crippen molar-refractivity contribution in [1.82, 2.24) is 50.5 Å². The second kappa shape index (κ2) is 23.3. The molecule has 10 aromatic rings. The number of fused-ring (bicyclic) bond motifs is 16. The molecule has 0 aliphatic carbocycles. The van der Waals surface area contributed by atoms with Crippen molar-refractivity contribution in [3.8, 4) is 44.5 Å². The monoisotopic (exact) mass is 1110 g/mol. The molecular formula is C73H60N10S. The molecule has 0 amide bonds. The highest BCUT2D eigenvalue weighted by Gasteiger charge is 2.19. The van der Waals surface area contributed by atoms with Gasteiger partial charge in [0, 0.05) is 90.6 Å². The maximum absolute atomic E-state index is 5.90. The lowest BCUT2D eigenvalue weighted by atomic mass is 10.0. The molecule has 0 saturated heterocycles. The molecule has 4 aliphatic rings. The highest BCUT2D eigenvalue weighted by molar-refractivity contribution is 7.80. The van der Waals surface area contributed by atoms with Gasteiger partial charge >= 0.3 is 0 Å². The Bertz CT molecular complexity index is 4250. The van der Waals surface area contributed by atoms with E-state index in [2.05, 4.69) is 261 Å². The smallest absolute Gasteiger partial charge is 0.166 e. The number of aromatic nitrogens is 8. The van der Waals surface area contributed by atoms with Gasteiger partial charge in [-0.1, -0.05) is 121 Å². The Morgan fingerprint density at radius 1 is 0.321 bits per heavy atom. The van der Waals surface area contributed by atoms with E-state index >= 15 is 0 Å². The van der Waals surface area contributed by atoms with Crippen LogP contribution in [0, 0.1) is 0 Å². The Labute approximate surface area is 492 Å². The summed E-state index contributed by atoms with van der Waals surface area (Å²) in [5.41, 5.74) is 26.3. The Morgan fingerprint density at radius 3 is 1.04 bits per heavy atom. The normalized spacial score (nSPS) is 12.3. The van der Waals surface area contributed by atoms with Crippen molar-refractivity contribution >= 4 is 110 Å². The van der Waals surface area contributed by atoms with Gasteiger partial charge in [-0.25, -0.2) is 19.9 Å². The number of hydrogen-bond acceptors (Lipinski definition) is 5. The third kappa shape index (κ3) is 10.9. The lowest BCUT2D eigenvalue weighted by Gasteiger charge is -2.11. The first-order valence-corrected chi connectivity index (χ1v) is 29.4. The molecule has 6 N–H and O–H groups in total. The average Bonchev–Trinajstić information content (AvgIpc) is 4.50. The SMILES string of the molecule is S=C(NCCCCc1c2nc(c(-c3ccccc3)c3ccc(cc4nc(c(-c5ccccc5)c5ccc1[nH]5)C=C4)[nH]3)C=C2)NCCCCc1c2nc(c(-c3ccccc3)c3ccc(cc4nc(c(-c5ccccc5)c5ccc1[nH]5)C=C4)[nH]3)C=C2. The Morgan fingerprint density at radius 2 is 0.643 bits per heavy atom. The minimum absolute atomic E-state index is 0.669. The molecule has 10 nitrogen and oxygen atoms in total. The Balaban J connectivity index is 0.705. The van der Waals surface area contributed by atoms with Gasteiger partial charge in [0.1, 0.15) is 0 Å². The van der Waals surface area contributed by atoms with E-state index in [1.165, 1.54) is 0 Å². The van der Waals surface area contributed by atoms with Crippen molar-refractivity contribution in [3.05, 3.63) is 239 Å². The quantitative estimate of drug-likeness (QED) is 0.0471. The van der Waals surface area contributed by atoms with Crippen molar-refractivity contribution in [1.29, 1.82) is 0 Å². The molecule has 0 fully saturated rings. The molecule has 4 aliphatic heterocycles. The summed E-state index contributed by atoms with van der Waals surface area (Å²) in [6, 6.07) is 63.6. The predicted molar refractivity (Wildman–Crippen MR) is 354 cm³/mol. The molecule has 11 heteroatoms. The van der Waals surface area contributed by atoms with Gasteiger partial charge in [0.05, 0.1) is 45.6 Å². The van der Waals surface area contributed by atoms with Crippen LogP contribution in [0.1, 0.15) is 82.4 Å². The van der Waals surface area contributed by atoms with E-state index in [1.54, 1.807) is 0 Å². The third-order valence-corrected chi connectivity index (χ3v) is 16.2. The van der Waals surface area contributed by atoms with Gasteiger partial charge in [-0.05, 0) is 182 Å². The molecule has 14 rings (SSSR count). The van der Waals surface area contributed by atoms with Crippen molar-refractivity contribution < 1.29 is 0 Å². The highest BCUT2D eigenvalue weighted by atomic mass is 32.1.